The van der Waals surface area contributed by atoms with Crippen molar-refractivity contribution in [2.24, 2.45) is 12.0 Å². The van der Waals surface area contributed by atoms with Gasteiger partial charge in [0, 0.05) is 13.1 Å². The molecular weight excluding hydrogens is 372 g/mol. The summed E-state index contributed by atoms with van der Waals surface area (Å²) in [6.45, 7) is 3.48. The average molecular weight is 390 g/mol. The summed E-state index contributed by atoms with van der Waals surface area (Å²) in [5.74, 6) is 0.609. The van der Waals surface area contributed by atoms with E-state index in [1.54, 1.807) is 19.9 Å². The van der Waals surface area contributed by atoms with E-state index in [-0.39, 0.29) is 17.6 Å². The first-order valence-corrected chi connectivity index (χ1v) is 9.78. The molecule has 1 aromatic carbocycles. The molecule has 0 fully saturated rings. The van der Waals surface area contributed by atoms with Gasteiger partial charge in [0.15, 0.2) is 10.6 Å². The molecule has 1 unspecified atom stereocenters. The smallest absolute Gasteiger partial charge is 0.258 e. The number of anilines is 1. The van der Waals surface area contributed by atoms with Crippen LogP contribution >= 0.6 is 23.1 Å². The molecule has 0 aliphatic rings. The van der Waals surface area contributed by atoms with E-state index >= 15 is 0 Å². The fraction of sp³-hybridized carbons (Fsp3) is 0.294. The molecule has 0 radical (unpaired) electrons. The topological polar surface area (TPSA) is 89.5 Å². The number of benzene rings is 1. The SMILES string of the molecule is Cc1cc(NC(=O)C(C)SCC(=O)N=c2sc3ccccc3n2C)no1. The van der Waals surface area contributed by atoms with Crippen molar-refractivity contribution >= 4 is 50.9 Å². The zero-order valence-electron chi connectivity index (χ0n) is 14.6. The fourth-order valence-electron chi connectivity index (χ4n) is 2.25. The number of hydrogen-bond acceptors (Lipinski definition) is 6. The normalized spacial score (nSPS) is 13.1. The van der Waals surface area contributed by atoms with Crippen LogP contribution in [0.15, 0.2) is 39.8 Å². The molecule has 0 aliphatic heterocycles. The number of para-hydroxylation sites is 1. The highest BCUT2D eigenvalue weighted by atomic mass is 32.2. The maximum atomic E-state index is 12.2. The second kappa shape index (κ2) is 7.88. The lowest BCUT2D eigenvalue weighted by Crippen LogP contribution is -2.24. The van der Waals surface area contributed by atoms with Gasteiger partial charge in [-0.05, 0) is 26.0 Å². The van der Waals surface area contributed by atoms with Crippen LogP contribution in [0.3, 0.4) is 0 Å². The third-order valence-electron chi connectivity index (χ3n) is 3.64. The van der Waals surface area contributed by atoms with Gasteiger partial charge in [0.05, 0.1) is 21.2 Å². The maximum absolute atomic E-state index is 12.2. The number of carbonyl (C=O) groups is 2. The molecule has 1 atom stereocenters. The van der Waals surface area contributed by atoms with Crippen molar-refractivity contribution < 1.29 is 14.1 Å². The highest BCUT2D eigenvalue weighted by Crippen LogP contribution is 2.16. The molecule has 2 aromatic heterocycles. The molecule has 9 heteroatoms. The number of thioether (sulfide) groups is 1. The van der Waals surface area contributed by atoms with Crippen molar-refractivity contribution in [2.75, 3.05) is 11.1 Å². The van der Waals surface area contributed by atoms with E-state index in [2.05, 4.69) is 15.5 Å². The van der Waals surface area contributed by atoms with Gasteiger partial charge in [-0.25, -0.2) is 0 Å². The minimum absolute atomic E-state index is 0.126. The molecule has 2 amide bonds. The summed E-state index contributed by atoms with van der Waals surface area (Å²) in [5.41, 5.74) is 1.03. The zero-order chi connectivity index (χ0) is 18.7. The van der Waals surface area contributed by atoms with Crippen LogP contribution in [0.25, 0.3) is 10.2 Å². The number of nitrogens with zero attached hydrogens (tertiary/aromatic N) is 3. The Labute approximate surface area is 158 Å². The lowest BCUT2D eigenvalue weighted by molar-refractivity contribution is -0.115. The molecule has 3 rings (SSSR count). The number of thiazole rings is 1. The quantitative estimate of drug-likeness (QED) is 0.723. The molecule has 7 nitrogen and oxygen atoms in total. The van der Waals surface area contributed by atoms with E-state index in [0.29, 0.717) is 16.4 Å². The third-order valence-corrected chi connectivity index (χ3v) is 5.88. The van der Waals surface area contributed by atoms with Crippen molar-refractivity contribution in [3.8, 4) is 0 Å². The predicted octanol–water partition coefficient (Wildman–Crippen LogP) is 2.72. The first kappa shape index (κ1) is 18.4. The minimum atomic E-state index is -0.415. The van der Waals surface area contributed by atoms with Crippen LogP contribution in [-0.4, -0.2) is 32.5 Å². The second-order valence-corrected chi connectivity index (χ2v) is 8.02. The van der Waals surface area contributed by atoms with E-state index in [0.717, 1.165) is 10.2 Å². The summed E-state index contributed by atoms with van der Waals surface area (Å²) < 4.78 is 7.87. The summed E-state index contributed by atoms with van der Waals surface area (Å²) >= 11 is 2.70. The van der Waals surface area contributed by atoms with Crippen LogP contribution in [0.5, 0.6) is 0 Å². The molecule has 0 saturated heterocycles. The highest BCUT2D eigenvalue weighted by Gasteiger charge is 2.16. The highest BCUT2D eigenvalue weighted by molar-refractivity contribution is 8.01. The van der Waals surface area contributed by atoms with Crippen molar-refractivity contribution in [3.05, 3.63) is 40.9 Å². The lowest BCUT2D eigenvalue weighted by Gasteiger charge is -2.08. The van der Waals surface area contributed by atoms with Crippen molar-refractivity contribution in [1.82, 2.24) is 9.72 Å². The summed E-state index contributed by atoms with van der Waals surface area (Å²) in [6.07, 6.45) is 0. The van der Waals surface area contributed by atoms with Gasteiger partial charge in [-0.1, -0.05) is 28.6 Å². The first-order chi connectivity index (χ1) is 12.4. The van der Waals surface area contributed by atoms with Gasteiger partial charge < -0.3 is 14.4 Å². The number of fused-ring (bicyclic) bond motifs is 1. The number of aryl methyl sites for hydroxylation is 2. The van der Waals surface area contributed by atoms with Gasteiger partial charge >= 0.3 is 0 Å². The number of nitrogens with one attached hydrogen (secondary N) is 1. The van der Waals surface area contributed by atoms with Gasteiger partial charge in [0.2, 0.25) is 5.91 Å². The monoisotopic (exact) mass is 390 g/mol. The molecule has 0 saturated carbocycles. The van der Waals surface area contributed by atoms with E-state index < -0.39 is 5.25 Å². The van der Waals surface area contributed by atoms with Crippen LogP contribution < -0.4 is 10.1 Å². The Morgan fingerprint density at radius 2 is 2.19 bits per heavy atom. The zero-order valence-corrected chi connectivity index (χ0v) is 16.2. The van der Waals surface area contributed by atoms with Crippen LogP contribution in [0, 0.1) is 6.92 Å². The Morgan fingerprint density at radius 1 is 1.42 bits per heavy atom. The standard InChI is InChI=1S/C17H18N4O3S2/c1-10-8-14(20-24-10)18-16(23)11(2)25-9-15(22)19-17-21(3)12-6-4-5-7-13(12)26-17/h4-8,11H,9H2,1-3H3,(H,18,20,23). The largest absolute Gasteiger partial charge is 0.360 e. The molecule has 3 aromatic rings. The summed E-state index contributed by atoms with van der Waals surface area (Å²) in [5, 5.41) is 5.96. The van der Waals surface area contributed by atoms with Crippen LogP contribution in [0.2, 0.25) is 0 Å². The van der Waals surface area contributed by atoms with Gasteiger partial charge in [0.1, 0.15) is 5.76 Å². The Kier molecular flexibility index (Phi) is 5.58. The Balaban J connectivity index is 1.60. The van der Waals surface area contributed by atoms with Gasteiger partial charge in [0.25, 0.3) is 5.91 Å². The van der Waals surface area contributed by atoms with Crippen LogP contribution in [0.1, 0.15) is 12.7 Å². The van der Waals surface area contributed by atoms with Crippen molar-refractivity contribution in [1.29, 1.82) is 0 Å². The molecule has 0 aliphatic carbocycles. The number of aromatic nitrogens is 2. The van der Waals surface area contributed by atoms with E-state index in [1.807, 2.05) is 35.9 Å². The third kappa shape index (κ3) is 4.23. The number of rotatable bonds is 5. The Bertz CT molecular complexity index is 1020. The van der Waals surface area contributed by atoms with E-state index in [9.17, 15) is 9.59 Å². The van der Waals surface area contributed by atoms with Crippen molar-refractivity contribution in [2.45, 2.75) is 19.1 Å². The summed E-state index contributed by atoms with van der Waals surface area (Å²) in [7, 11) is 1.88. The first-order valence-electron chi connectivity index (χ1n) is 7.92. The van der Waals surface area contributed by atoms with Crippen LogP contribution in [0.4, 0.5) is 5.82 Å². The average Bonchev–Trinajstić information content (AvgIpc) is 3.16. The Morgan fingerprint density at radius 3 is 2.88 bits per heavy atom. The Hall–Kier alpha value is -2.39. The molecule has 0 spiro atoms. The van der Waals surface area contributed by atoms with Gasteiger partial charge in [-0.2, -0.15) is 4.99 Å². The van der Waals surface area contributed by atoms with Gasteiger partial charge in [-0.3, -0.25) is 9.59 Å². The molecule has 26 heavy (non-hydrogen) atoms. The summed E-state index contributed by atoms with van der Waals surface area (Å²) in [4.78, 5) is 29.1. The molecular formula is C17H18N4O3S2. The lowest BCUT2D eigenvalue weighted by atomic mass is 10.3. The number of amides is 2. The molecule has 2 heterocycles. The molecule has 1 N–H and O–H groups in total. The fourth-order valence-corrected chi connectivity index (χ4v) is 3.96. The number of carbonyl (C=O) groups excluding carboxylic acids is 2. The minimum Gasteiger partial charge on any atom is -0.360 e. The maximum Gasteiger partial charge on any atom is 0.258 e. The summed E-state index contributed by atoms with van der Waals surface area (Å²) in [6, 6.07) is 9.53. The molecule has 136 valence electrons. The second-order valence-electron chi connectivity index (χ2n) is 5.68. The van der Waals surface area contributed by atoms with Gasteiger partial charge in [-0.15, -0.1) is 11.8 Å². The van der Waals surface area contributed by atoms with E-state index in [1.165, 1.54) is 23.1 Å². The van der Waals surface area contributed by atoms with E-state index in [4.69, 9.17) is 4.52 Å². The van der Waals surface area contributed by atoms with Crippen LogP contribution in [-0.2, 0) is 16.6 Å². The predicted molar refractivity (Wildman–Crippen MR) is 103 cm³/mol. The molecule has 0 bridgehead atoms. The number of hydrogen-bond donors (Lipinski definition) is 1. The van der Waals surface area contributed by atoms with Crippen molar-refractivity contribution in [3.63, 3.8) is 0 Å².